The van der Waals surface area contributed by atoms with Gasteiger partial charge in [0.1, 0.15) is 28.6 Å². The molecule has 4 N–H and O–H groups in total. The molecular formula is C48H61N3O10S. The van der Waals surface area contributed by atoms with Crippen molar-refractivity contribution in [3.63, 3.8) is 0 Å². The molecular weight excluding hydrogens is 811 g/mol. The largest absolute Gasteiger partial charge is 0.497 e. The van der Waals surface area contributed by atoms with Crippen LogP contribution in [-0.4, -0.2) is 78.6 Å². The van der Waals surface area contributed by atoms with E-state index in [2.05, 4.69) is 23.3 Å². The lowest BCUT2D eigenvalue weighted by Gasteiger charge is -2.58. The van der Waals surface area contributed by atoms with Gasteiger partial charge in [-0.3, -0.25) is 10.1 Å². The number of benzene rings is 3. The van der Waals surface area contributed by atoms with Crippen molar-refractivity contribution in [2.24, 2.45) is 22.9 Å². The molecule has 0 saturated heterocycles. The number of carbonyl (C=O) groups is 2. The zero-order valence-electron chi connectivity index (χ0n) is 36.6. The lowest BCUT2D eigenvalue weighted by Crippen LogP contribution is -2.64. The molecule has 1 saturated carbocycles. The van der Waals surface area contributed by atoms with E-state index < -0.39 is 23.4 Å². The number of rotatable bonds is 19. The van der Waals surface area contributed by atoms with Crippen LogP contribution < -0.4 is 29.6 Å². The second-order valence-corrected chi connectivity index (χ2v) is 18.1. The van der Waals surface area contributed by atoms with Gasteiger partial charge in [-0.1, -0.05) is 30.1 Å². The van der Waals surface area contributed by atoms with Gasteiger partial charge in [0.2, 0.25) is 11.7 Å². The number of fused-ring (bicyclic) bond motifs is 2. The number of carbonyl (C=O) groups excluding carboxylic acids is 2. The maximum Gasteiger partial charge on any atom is 0.417 e. The number of hydrogen-bond donors (Lipinski definition) is 4. The summed E-state index contributed by atoms with van der Waals surface area (Å²) in [6, 6.07) is 18.3. The third-order valence-corrected chi connectivity index (χ3v) is 12.7. The SMILES string of the molecule is C=CCO[C@@]12Oc3ccc(OC(=O)Nc4ccc(OC)cc4OC)cc3[C@H]3[C@H](CCCCO)[C@@H](CCCCO)C=C(C(=NOC(C)(C)C)C[C@@H]1Sc1ccc(NC(C)=O)cc1)[C@H]32. The fraction of sp³-hybridized carbons (Fsp3) is 0.479. The number of oxime groups is 1. The molecule has 334 valence electrons. The number of amides is 2. The molecule has 14 heteroatoms. The smallest absolute Gasteiger partial charge is 0.417 e. The van der Waals surface area contributed by atoms with Gasteiger partial charge >= 0.3 is 6.09 Å². The molecule has 6 rings (SSSR count). The van der Waals surface area contributed by atoms with Gasteiger partial charge in [-0.15, -0.1) is 18.3 Å². The van der Waals surface area contributed by atoms with E-state index in [9.17, 15) is 19.8 Å². The van der Waals surface area contributed by atoms with Crippen molar-refractivity contribution < 1.29 is 48.3 Å². The van der Waals surface area contributed by atoms with Crippen LogP contribution >= 0.6 is 11.8 Å². The van der Waals surface area contributed by atoms with Gasteiger partial charge < -0.3 is 44.1 Å². The number of nitrogens with one attached hydrogen (secondary N) is 2. The van der Waals surface area contributed by atoms with Crippen molar-refractivity contribution in [3.8, 4) is 23.0 Å². The Labute approximate surface area is 369 Å². The summed E-state index contributed by atoms with van der Waals surface area (Å²) in [5, 5.41) is 30.0. The number of aliphatic hydroxyl groups excluding tert-OH is 2. The van der Waals surface area contributed by atoms with Crippen LogP contribution in [0.5, 0.6) is 23.0 Å². The first-order chi connectivity index (χ1) is 29.8. The van der Waals surface area contributed by atoms with Crippen LogP contribution in [0.3, 0.4) is 0 Å². The molecule has 3 aromatic rings. The second kappa shape index (κ2) is 20.9. The lowest BCUT2D eigenvalue weighted by molar-refractivity contribution is -0.223. The molecule has 0 bridgehead atoms. The van der Waals surface area contributed by atoms with Crippen LogP contribution in [-0.2, 0) is 14.4 Å². The second-order valence-electron chi connectivity index (χ2n) is 16.9. The predicted molar refractivity (Wildman–Crippen MR) is 242 cm³/mol. The van der Waals surface area contributed by atoms with Crippen molar-refractivity contribution in [1.82, 2.24) is 0 Å². The van der Waals surface area contributed by atoms with Crippen molar-refractivity contribution in [1.29, 1.82) is 0 Å². The maximum absolute atomic E-state index is 13.5. The first kappa shape index (κ1) is 46.5. The standard InChI is InChI=1S/C48H61N3O10S/c1-8-25-58-48-43(62-35-19-15-32(16-20-35)49-30(2)54)29-40(51-61-47(3,4)5)37-26-31(13-9-11-23-52)36(14-10-12-24-53)44(45(37)48)38-27-34(18-22-41(38)60-48)59-46(55)50-39-21-17-33(56-6)28-42(39)57-7/h8,15-22,26-28,31,36,43-45,52-53H,1,9-14,23-25,29H2,2-7H3,(H,49,54)(H,50,55)/t31-,36+,43-,44+,45+,48+/m0/s1. The van der Waals surface area contributed by atoms with Crippen molar-refractivity contribution in [2.45, 2.75) is 100 Å². The quantitative estimate of drug-likeness (QED) is 0.0515. The normalized spacial score (nSPS) is 23.2. The van der Waals surface area contributed by atoms with E-state index in [0.29, 0.717) is 53.6 Å². The average Bonchev–Trinajstić information content (AvgIpc) is 3.24. The number of aliphatic hydroxyl groups is 2. The minimum absolute atomic E-state index is 0.0430. The highest BCUT2D eigenvalue weighted by Gasteiger charge is 2.64. The van der Waals surface area contributed by atoms with Crippen LogP contribution in [0.15, 0.2) is 95.0 Å². The van der Waals surface area contributed by atoms with Crippen LogP contribution in [0.4, 0.5) is 16.2 Å². The third-order valence-electron chi connectivity index (χ3n) is 11.4. The van der Waals surface area contributed by atoms with E-state index in [0.717, 1.165) is 47.4 Å². The summed E-state index contributed by atoms with van der Waals surface area (Å²) in [7, 11) is 3.07. The van der Waals surface area contributed by atoms with E-state index >= 15 is 0 Å². The first-order valence-electron chi connectivity index (χ1n) is 21.3. The number of ether oxygens (including phenoxy) is 5. The molecule has 62 heavy (non-hydrogen) atoms. The van der Waals surface area contributed by atoms with Crippen LogP contribution in [0.25, 0.3) is 0 Å². The van der Waals surface area contributed by atoms with E-state index in [-0.39, 0.29) is 48.7 Å². The number of allylic oxidation sites excluding steroid dienone is 1. The zero-order valence-corrected chi connectivity index (χ0v) is 37.4. The number of nitrogens with zero attached hydrogens (tertiary/aromatic N) is 1. The van der Waals surface area contributed by atoms with Gasteiger partial charge in [0.15, 0.2) is 0 Å². The number of thioether (sulfide) groups is 1. The van der Waals surface area contributed by atoms with E-state index in [4.69, 9.17) is 33.7 Å². The minimum Gasteiger partial charge on any atom is -0.497 e. The van der Waals surface area contributed by atoms with E-state index in [1.807, 2.05) is 57.2 Å². The van der Waals surface area contributed by atoms with Crippen LogP contribution in [0.2, 0.25) is 0 Å². The summed E-state index contributed by atoms with van der Waals surface area (Å²) < 4.78 is 31.1. The summed E-state index contributed by atoms with van der Waals surface area (Å²) in [5.74, 6) is 0.0388. The average molecular weight is 872 g/mol. The highest BCUT2D eigenvalue weighted by atomic mass is 32.2. The highest BCUT2D eigenvalue weighted by Crippen LogP contribution is 2.63. The van der Waals surface area contributed by atoms with Crippen molar-refractivity contribution >= 4 is 40.8 Å². The van der Waals surface area contributed by atoms with Gasteiger partial charge in [-0.05, 0) is 118 Å². The summed E-state index contributed by atoms with van der Waals surface area (Å²) in [6.07, 6.45) is 8.35. The maximum atomic E-state index is 13.5. The first-order valence-corrected chi connectivity index (χ1v) is 22.2. The lowest BCUT2D eigenvalue weighted by atomic mass is 9.56. The molecule has 3 aliphatic rings. The topological polar surface area (TPSA) is 166 Å². The summed E-state index contributed by atoms with van der Waals surface area (Å²) in [6.45, 7) is 11.8. The fourth-order valence-corrected chi connectivity index (χ4v) is 10.1. The Bertz CT molecular complexity index is 2100. The Balaban J connectivity index is 1.50. The van der Waals surface area contributed by atoms with E-state index in [1.54, 1.807) is 49.2 Å². The third kappa shape index (κ3) is 10.9. The van der Waals surface area contributed by atoms with Crippen molar-refractivity contribution in [3.05, 3.63) is 90.5 Å². The molecule has 1 aliphatic heterocycles. The monoisotopic (exact) mass is 871 g/mol. The van der Waals surface area contributed by atoms with E-state index in [1.165, 1.54) is 14.0 Å². The molecule has 0 spiro atoms. The Morgan fingerprint density at radius 1 is 0.952 bits per heavy atom. The molecule has 2 amide bonds. The molecule has 2 aliphatic carbocycles. The Hall–Kier alpha value is -5.02. The van der Waals surface area contributed by atoms with Gasteiger partial charge in [-0.2, -0.15) is 0 Å². The molecule has 3 aromatic carbocycles. The van der Waals surface area contributed by atoms with Gasteiger partial charge in [0, 0.05) is 54.7 Å². The summed E-state index contributed by atoms with van der Waals surface area (Å²) >= 11 is 1.62. The minimum atomic E-state index is -1.23. The zero-order chi connectivity index (χ0) is 44.4. The highest BCUT2D eigenvalue weighted by molar-refractivity contribution is 8.00. The van der Waals surface area contributed by atoms with Gasteiger partial charge in [-0.25, -0.2) is 4.79 Å². The van der Waals surface area contributed by atoms with Crippen molar-refractivity contribution in [2.75, 3.05) is 44.7 Å². The molecule has 0 radical (unpaired) electrons. The summed E-state index contributed by atoms with van der Waals surface area (Å²) in [4.78, 5) is 32.5. The van der Waals surface area contributed by atoms with Gasteiger partial charge in [0.05, 0.1) is 43.4 Å². The van der Waals surface area contributed by atoms with Crippen LogP contribution in [0.1, 0.15) is 84.1 Å². The molecule has 13 nitrogen and oxygen atoms in total. The number of methoxy groups -OCH3 is 2. The number of anilines is 2. The number of unbranched alkanes of at least 4 members (excludes halogenated alkanes) is 2. The molecule has 6 atom stereocenters. The van der Waals surface area contributed by atoms with Crippen LogP contribution in [0, 0.1) is 17.8 Å². The molecule has 1 fully saturated rings. The molecule has 0 aromatic heterocycles. The fourth-order valence-electron chi connectivity index (χ4n) is 8.81. The Morgan fingerprint density at radius 2 is 1.68 bits per heavy atom. The summed E-state index contributed by atoms with van der Waals surface area (Å²) in [5.41, 5.74) is 3.19. The Kier molecular flexibility index (Phi) is 15.7. The number of hydrogen-bond acceptors (Lipinski definition) is 12. The molecule has 1 heterocycles. The Morgan fingerprint density at radius 3 is 2.34 bits per heavy atom. The molecule has 0 unspecified atom stereocenters. The van der Waals surface area contributed by atoms with Gasteiger partial charge in [0.25, 0.3) is 0 Å². The predicted octanol–water partition coefficient (Wildman–Crippen LogP) is 9.50.